The molecule has 3 heterocycles. The highest BCUT2D eigenvalue weighted by Crippen LogP contribution is 2.24. The molecule has 0 spiro atoms. The molecule has 2 saturated heterocycles. The Morgan fingerprint density at radius 3 is 2.56 bits per heavy atom. The Labute approximate surface area is 157 Å². The van der Waals surface area contributed by atoms with Crippen molar-refractivity contribution >= 4 is 11.7 Å². The number of urea groups is 1. The van der Waals surface area contributed by atoms with Crippen LogP contribution in [0.15, 0.2) is 48.8 Å². The average Bonchev–Trinajstić information content (AvgIpc) is 3.21. The molecule has 1 aromatic carbocycles. The first-order valence-corrected chi connectivity index (χ1v) is 9.16. The number of carbonyl (C=O) groups excluding carboxylic acids is 1. The van der Waals surface area contributed by atoms with Crippen LogP contribution in [-0.2, 0) is 0 Å². The second-order valence-corrected chi connectivity index (χ2v) is 6.81. The quantitative estimate of drug-likeness (QED) is 0.770. The fraction of sp³-hybridized carbons (Fsp3) is 0.368. The normalized spacial score (nSPS) is 23.4. The number of rotatable bonds is 3. The van der Waals surface area contributed by atoms with Gasteiger partial charge in [0.15, 0.2) is 0 Å². The van der Waals surface area contributed by atoms with Crippen molar-refractivity contribution in [2.45, 2.75) is 18.6 Å². The number of pyridine rings is 1. The number of hydrogen-bond acceptors (Lipinski definition) is 5. The molecule has 0 radical (unpaired) electrons. The minimum absolute atomic E-state index is 0.215. The smallest absolute Gasteiger partial charge is 0.322 e. The summed E-state index contributed by atoms with van der Waals surface area (Å²) in [5, 5.41) is 2.65. The van der Waals surface area contributed by atoms with E-state index in [1.165, 1.54) is 11.6 Å². The molecule has 2 fully saturated rings. The summed E-state index contributed by atoms with van der Waals surface area (Å²) in [6.07, 6.45) is 4.78. The lowest BCUT2D eigenvalue weighted by Crippen LogP contribution is -2.55. The highest BCUT2D eigenvalue weighted by Gasteiger charge is 2.32. The second kappa shape index (κ2) is 7.99. The Morgan fingerprint density at radius 2 is 1.81 bits per heavy atom. The number of piperazine rings is 1. The predicted octanol–water partition coefficient (Wildman–Crippen LogP) is 1.94. The maximum Gasteiger partial charge on any atom is 0.322 e. The van der Waals surface area contributed by atoms with E-state index in [1.807, 2.05) is 12.1 Å². The molecule has 0 aliphatic carbocycles. The molecule has 8 heteroatoms. The number of nitrogens with one attached hydrogen (secondary N) is 3. The van der Waals surface area contributed by atoms with Gasteiger partial charge in [-0.2, -0.15) is 0 Å². The van der Waals surface area contributed by atoms with Gasteiger partial charge in [0, 0.05) is 44.6 Å². The number of anilines is 1. The highest BCUT2D eigenvalue weighted by atomic mass is 19.1. The van der Waals surface area contributed by atoms with Gasteiger partial charge in [-0.3, -0.25) is 9.88 Å². The lowest BCUT2D eigenvalue weighted by molar-refractivity contribution is 0.103. The zero-order valence-electron chi connectivity index (χ0n) is 14.9. The van der Waals surface area contributed by atoms with Gasteiger partial charge < -0.3 is 10.2 Å². The summed E-state index contributed by atoms with van der Waals surface area (Å²) < 4.78 is 13.7. The molecule has 2 unspecified atom stereocenters. The van der Waals surface area contributed by atoms with E-state index in [4.69, 9.17) is 0 Å². The van der Waals surface area contributed by atoms with E-state index in [1.54, 1.807) is 35.5 Å². The number of amides is 2. The van der Waals surface area contributed by atoms with Gasteiger partial charge in [-0.05, 0) is 36.2 Å². The standard InChI is InChI=1S/C19H23FN6O/c20-15-3-1-2-4-16(15)22-19(27)26-11-9-25(10-12-26)18-13-17(23-24-18)14-5-7-21-8-6-14/h1-8,17-18,23-24H,9-13H2,(H,22,27). The van der Waals surface area contributed by atoms with Crippen molar-refractivity contribution in [1.29, 1.82) is 0 Å². The van der Waals surface area contributed by atoms with E-state index in [0.29, 0.717) is 13.1 Å². The number of para-hydroxylation sites is 1. The summed E-state index contributed by atoms with van der Waals surface area (Å²) >= 11 is 0. The molecule has 27 heavy (non-hydrogen) atoms. The van der Waals surface area contributed by atoms with Gasteiger partial charge in [-0.25, -0.2) is 20.0 Å². The van der Waals surface area contributed by atoms with E-state index in [-0.39, 0.29) is 23.9 Å². The van der Waals surface area contributed by atoms with Crippen molar-refractivity contribution in [1.82, 2.24) is 25.6 Å². The van der Waals surface area contributed by atoms with Crippen molar-refractivity contribution < 1.29 is 9.18 Å². The maximum atomic E-state index is 13.7. The van der Waals surface area contributed by atoms with Crippen LogP contribution in [0.4, 0.5) is 14.9 Å². The van der Waals surface area contributed by atoms with Crippen LogP contribution in [0, 0.1) is 5.82 Å². The molecule has 2 amide bonds. The van der Waals surface area contributed by atoms with E-state index < -0.39 is 5.82 Å². The van der Waals surface area contributed by atoms with Crippen LogP contribution in [0.2, 0.25) is 0 Å². The first kappa shape index (κ1) is 17.8. The monoisotopic (exact) mass is 370 g/mol. The van der Waals surface area contributed by atoms with E-state index in [0.717, 1.165) is 19.5 Å². The van der Waals surface area contributed by atoms with Crippen LogP contribution in [0.5, 0.6) is 0 Å². The van der Waals surface area contributed by atoms with Crippen molar-refractivity contribution in [3.05, 3.63) is 60.2 Å². The summed E-state index contributed by atoms with van der Waals surface area (Å²) in [5.41, 5.74) is 8.12. The van der Waals surface area contributed by atoms with E-state index in [9.17, 15) is 9.18 Å². The number of benzene rings is 1. The number of hydrogen-bond donors (Lipinski definition) is 3. The summed E-state index contributed by atoms with van der Waals surface area (Å²) in [6.45, 7) is 2.76. The molecular weight excluding hydrogens is 347 g/mol. The first-order valence-electron chi connectivity index (χ1n) is 9.16. The SMILES string of the molecule is O=C(Nc1ccccc1F)N1CCN(C2CC(c3ccncc3)NN2)CC1. The first-order chi connectivity index (χ1) is 13.2. The Hall–Kier alpha value is -2.55. The lowest BCUT2D eigenvalue weighted by Gasteiger charge is -2.37. The van der Waals surface area contributed by atoms with Gasteiger partial charge in [0.25, 0.3) is 0 Å². The zero-order valence-corrected chi connectivity index (χ0v) is 14.9. The molecule has 2 aromatic rings. The number of nitrogens with zero attached hydrogens (tertiary/aromatic N) is 3. The largest absolute Gasteiger partial charge is 0.322 e. The fourth-order valence-corrected chi connectivity index (χ4v) is 3.59. The zero-order chi connectivity index (χ0) is 18.6. The number of aromatic nitrogens is 1. The summed E-state index contributed by atoms with van der Waals surface area (Å²) in [5.74, 6) is -0.423. The lowest BCUT2D eigenvalue weighted by atomic mass is 10.1. The van der Waals surface area contributed by atoms with Crippen LogP contribution >= 0.6 is 0 Å². The summed E-state index contributed by atoms with van der Waals surface area (Å²) in [7, 11) is 0. The number of carbonyl (C=O) groups is 1. The van der Waals surface area contributed by atoms with E-state index in [2.05, 4.69) is 26.1 Å². The van der Waals surface area contributed by atoms with Crippen LogP contribution in [-0.4, -0.2) is 53.2 Å². The topological polar surface area (TPSA) is 72.5 Å². The van der Waals surface area contributed by atoms with Crippen molar-refractivity contribution in [2.75, 3.05) is 31.5 Å². The molecule has 0 bridgehead atoms. The van der Waals surface area contributed by atoms with Crippen LogP contribution in [0.1, 0.15) is 18.0 Å². The predicted molar refractivity (Wildman–Crippen MR) is 100 cm³/mol. The second-order valence-electron chi connectivity index (χ2n) is 6.81. The van der Waals surface area contributed by atoms with Crippen LogP contribution in [0.3, 0.4) is 0 Å². The molecule has 4 rings (SSSR count). The molecule has 3 N–H and O–H groups in total. The Balaban J connectivity index is 1.28. The van der Waals surface area contributed by atoms with Gasteiger partial charge in [-0.15, -0.1) is 0 Å². The Bertz CT molecular complexity index is 781. The van der Waals surface area contributed by atoms with Gasteiger partial charge in [0.1, 0.15) is 5.82 Å². The van der Waals surface area contributed by atoms with Crippen molar-refractivity contribution in [3.63, 3.8) is 0 Å². The van der Waals surface area contributed by atoms with Gasteiger partial charge in [-0.1, -0.05) is 12.1 Å². The number of hydrazine groups is 1. The van der Waals surface area contributed by atoms with Crippen molar-refractivity contribution in [3.8, 4) is 0 Å². The highest BCUT2D eigenvalue weighted by molar-refractivity contribution is 5.89. The third-order valence-electron chi connectivity index (χ3n) is 5.15. The third-order valence-corrected chi connectivity index (χ3v) is 5.15. The average molecular weight is 370 g/mol. The molecule has 2 aliphatic heterocycles. The molecular formula is C19H23FN6O. The molecule has 7 nitrogen and oxygen atoms in total. The minimum Gasteiger partial charge on any atom is -0.322 e. The fourth-order valence-electron chi connectivity index (χ4n) is 3.59. The van der Waals surface area contributed by atoms with Crippen LogP contribution < -0.4 is 16.2 Å². The third kappa shape index (κ3) is 4.08. The summed E-state index contributed by atoms with van der Waals surface area (Å²) in [4.78, 5) is 20.5. The maximum absolute atomic E-state index is 13.7. The van der Waals surface area contributed by atoms with Gasteiger partial charge >= 0.3 is 6.03 Å². The van der Waals surface area contributed by atoms with Crippen molar-refractivity contribution in [2.24, 2.45) is 0 Å². The number of halogens is 1. The van der Waals surface area contributed by atoms with Gasteiger partial charge in [0.05, 0.1) is 11.9 Å². The van der Waals surface area contributed by atoms with Crippen LogP contribution in [0.25, 0.3) is 0 Å². The molecule has 142 valence electrons. The summed E-state index contributed by atoms with van der Waals surface area (Å²) in [6, 6.07) is 10.2. The molecule has 2 aliphatic rings. The minimum atomic E-state index is -0.423. The molecule has 2 atom stereocenters. The Morgan fingerprint density at radius 1 is 1.07 bits per heavy atom. The van der Waals surface area contributed by atoms with E-state index >= 15 is 0 Å². The molecule has 0 saturated carbocycles. The molecule has 1 aromatic heterocycles. The Kier molecular flexibility index (Phi) is 5.28. The van der Waals surface area contributed by atoms with Gasteiger partial charge in [0.2, 0.25) is 0 Å².